The Labute approximate surface area is 101 Å². The van der Waals surface area contributed by atoms with Gasteiger partial charge in [0.1, 0.15) is 5.82 Å². The molecule has 1 N–H and O–H groups in total. The lowest BCUT2D eigenvalue weighted by molar-refractivity contribution is 0.121. The highest BCUT2D eigenvalue weighted by atomic mass is 35.5. The van der Waals surface area contributed by atoms with E-state index in [0.717, 1.165) is 12.1 Å². The zero-order valence-electron chi connectivity index (χ0n) is 9.59. The highest BCUT2D eigenvalue weighted by molar-refractivity contribution is 6.31. The van der Waals surface area contributed by atoms with Crippen molar-refractivity contribution in [3.63, 3.8) is 0 Å². The van der Waals surface area contributed by atoms with Gasteiger partial charge in [-0.1, -0.05) is 31.5 Å². The van der Waals surface area contributed by atoms with Crippen LogP contribution in [0.4, 0.5) is 4.39 Å². The Bertz CT molecular complexity index is 331. The molecule has 0 aromatic heterocycles. The van der Waals surface area contributed by atoms with Crippen LogP contribution in [0.2, 0.25) is 5.02 Å². The van der Waals surface area contributed by atoms with E-state index in [1.165, 1.54) is 12.1 Å². The molecule has 1 rings (SSSR count). The molecule has 0 aliphatic carbocycles. The minimum atomic E-state index is -0.324. The Morgan fingerprint density at radius 2 is 2.19 bits per heavy atom. The van der Waals surface area contributed by atoms with Crippen molar-refractivity contribution in [3.8, 4) is 0 Å². The third-order valence-corrected chi connectivity index (χ3v) is 2.42. The van der Waals surface area contributed by atoms with Gasteiger partial charge < -0.3 is 10.1 Å². The van der Waals surface area contributed by atoms with Crippen LogP contribution in [0, 0.1) is 5.82 Å². The maximum Gasteiger partial charge on any atom is 0.124 e. The molecular weight excluding hydrogens is 229 g/mol. The third kappa shape index (κ3) is 4.92. The topological polar surface area (TPSA) is 21.3 Å². The van der Waals surface area contributed by atoms with Gasteiger partial charge >= 0.3 is 0 Å². The molecule has 0 atom stereocenters. The lowest BCUT2D eigenvalue weighted by Crippen LogP contribution is -2.26. The second kappa shape index (κ2) is 6.84. The van der Waals surface area contributed by atoms with Crippen LogP contribution >= 0.6 is 11.6 Å². The molecule has 0 saturated heterocycles. The summed E-state index contributed by atoms with van der Waals surface area (Å²) in [5.74, 6) is -0.324. The van der Waals surface area contributed by atoms with Crippen LogP contribution in [0.3, 0.4) is 0 Å². The second-order valence-electron chi connectivity index (χ2n) is 3.90. The summed E-state index contributed by atoms with van der Waals surface area (Å²) < 4.78 is 18.2. The van der Waals surface area contributed by atoms with E-state index < -0.39 is 0 Å². The lowest BCUT2D eigenvalue weighted by atomic mass is 10.2. The molecule has 0 heterocycles. The van der Waals surface area contributed by atoms with Gasteiger partial charge in [-0.15, -0.1) is 0 Å². The molecule has 1 aromatic carbocycles. The first-order valence-corrected chi connectivity index (χ1v) is 5.72. The fourth-order valence-corrected chi connectivity index (χ4v) is 1.46. The maximum absolute atomic E-state index is 12.7. The van der Waals surface area contributed by atoms with E-state index in [0.29, 0.717) is 24.3 Å². The van der Waals surface area contributed by atoms with Crippen molar-refractivity contribution in [3.05, 3.63) is 34.6 Å². The van der Waals surface area contributed by atoms with Crippen LogP contribution in [-0.2, 0) is 11.3 Å². The quantitative estimate of drug-likeness (QED) is 0.778. The van der Waals surface area contributed by atoms with Crippen LogP contribution < -0.4 is 5.32 Å². The summed E-state index contributed by atoms with van der Waals surface area (Å²) >= 11 is 5.86. The van der Waals surface area contributed by atoms with Gasteiger partial charge in [-0.25, -0.2) is 4.39 Å². The molecule has 0 aliphatic heterocycles. The first-order chi connectivity index (χ1) is 7.59. The summed E-state index contributed by atoms with van der Waals surface area (Å²) in [5.41, 5.74) is 0.813. The van der Waals surface area contributed by atoms with Gasteiger partial charge in [0.2, 0.25) is 0 Å². The van der Waals surface area contributed by atoms with Gasteiger partial charge in [-0.05, 0) is 17.7 Å². The fraction of sp³-hybridized carbons (Fsp3) is 0.500. The molecule has 0 unspecified atom stereocenters. The average molecular weight is 246 g/mol. The number of hydrogen-bond acceptors (Lipinski definition) is 2. The van der Waals surface area contributed by atoms with E-state index in [2.05, 4.69) is 19.2 Å². The van der Waals surface area contributed by atoms with Crippen molar-refractivity contribution >= 4 is 11.6 Å². The molecule has 0 fully saturated rings. The van der Waals surface area contributed by atoms with Gasteiger partial charge in [-0.3, -0.25) is 0 Å². The monoisotopic (exact) mass is 245 g/mol. The van der Waals surface area contributed by atoms with E-state index >= 15 is 0 Å². The molecule has 0 saturated carbocycles. The van der Waals surface area contributed by atoms with Gasteiger partial charge in [-0.2, -0.15) is 0 Å². The minimum Gasteiger partial charge on any atom is -0.375 e. The summed E-state index contributed by atoms with van der Waals surface area (Å²) in [6.07, 6.45) is 0. The zero-order valence-corrected chi connectivity index (χ0v) is 10.4. The summed E-state index contributed by atoms with van der Waals surface area (Å²) in [6.45, 7) is 5.99. The van der Waals surface area contributed by atoms with Crippen LogP contribution in [0.25, 0.3) is 0 Å². The zero-order chi connectivity index (χ0) is 12.0. The number of rotatable bonds is 6. The number of halogens is 2. The normalized spacial score (nSPS) is 11.1. The summed E-state index contributed by atoms with van der Waals surface area (Å²) in [6, 6.07) is 4.79. The standard InChI is InChI=1S/C12H17ClFNO/c1-9(2)15-5-6-16-8-10-3-4-11(14)7-12(10)13/h3-4,7,9,15H,5-6,8H2,1-2H3. The van der Waals surface area contributed by atoms with Crippen molar-refractivity contribution in [1.82, 2.24) is 5.32 Å². The molecule has 0 radical (unpaired) electrons. The third-order valence-electron chi connectivity index (χ3n) is 2.07. The molecular formula is C12H17ClFNO. The Hall–Kier alpha value is -0.640. The van der Waals surface area contributed by atoms with Crippen molar-refractivity contribution in [2.75, 3.05) is 13.2 Å². The van der Waals surface area contributed by atoms with E-state index in [9.17, 15) is 4.39 Å². The Kier molecular flexibility index (Phi) is 5.74. The van der Waals surface area contributed by atoms with Crippen molar-refractivity contribution < 1.29 is 9.13 Å². The molecule has 0 amide bonds. The highest BCUT2D eigenvalue weighted by Gasteiger charge is 2.01. The summed E-state index contributed by atoms with van der Waals surface area (Å²) in [7, 11) is 0. The average Bonchev–Trinajstić information content (AvgIpc) is 2.20. The first kappa shape index (κ1) is 13.4. The lowest BCUT2D eigenvalue weighted by Gasteiger charge is -2.09. The molecule has 90 valence electrons. The van der Waals surface area contributed by atoms with Gasteiger partial charge in [0.25, 0.3) is 0 Å². The van der Waals surface area contributed by atoms with Gasteiger partial charge in [0.05, 0.1) is 13.2 Å². The van der Waals surface area contributed by atoms with Crippen molar-refractivity contribution in [2.45, 2.75) is 26.5 Å². The predicted octanol–water partition coefficient (Wildman–Crippen LogP) is 2.99. The fourth-order valence-electron chi connectivity index (χ4n) is 1.24. The van der Waals surface area contributed by atoms with Crippen molar-refractivity contribution in [2.24, 2.45) is 0 Å². The Morgan fingerprint density at radius 1 is 1.44 bits per heavy atom. The van der Waals surface area contributed by atoms with Crippen LogP contribution in [0.15, 0.2) is 18.2 Å². The Morgan fingerprint density at radius 3 is 2.81 bits per heavy atom. The van der Waals surface area contributed by atoms with E-state index in [1.54, 1.807) is 6.07 Å². The maximum atomic E-state index is 12.7. The first-order valence-electron chi connectivity index (χ1n) is 5.34. The summed E-state index contributed by atoms with van der Waals surface area (Å²) in [5, 5.41) is 3.65. The van der Waals surface area contributed by atoms with Crippen molar-refractivity contribution in [1.29, 1.82) is 0 Å². The van der Waals surface area contributed by atoms with Crippen LogP contribution in [0.5, 0.6) is 0 Å². The molecule has 4 heteroatoms. The largest absolute Gasteiger partial charge is 0.375 e. The van der Waals surface area contributed by atoms with Gasteiger partial charge in [0, 0.05) is 17.6 Å². The SMILES string of the molecule is CC(C)NCCOCc1ccc(F)cc1Cl. The Balaban J connectivity index is 2.27. The second-order valence-corrected chi connectivity index (χ2v) is 4.30. The number of hydrogen-bond donors (Lipinski definition) is 1. The van der Waals surface area contributed by atoms with E-state index in [1.807, 2.05) is 0 Å². The number of benzene rings is 1. The predicted molar refractivity (Wildman–Crippen MR) is 64.2 cm³/mol. The molecule has 1 aromatic rings. The molecule has 0 spiro atoms. The van der Waals surface area contributed by atoms with Gasteiger partial charge in [0.15, 0.2) is 0 Å². The van der Waals surface area contributed by atoms with E-state index in [-0.39, 0.29) is 5.82 Å². The molecule has 0 bridgehead atoms. The minimum absolute atomic E-state index is 0.324. The number of ether oxygens (including phenoxy) is 1. The molecule has 2 nitrogen and oxygen atoms in total. The van der Waals surface area contributed by atoms with E-state index in [4.69, 9.17) is 16.3 Å². The highest BCUT2D eigenvalue weighted by Crippen LogP contribution is 2.17. The molecule has 16 heavy (non-hydrogen) atoms. The van der Waals surface area contributed by atoms with Crippen LogP contribution in [0.1, 0.15) is 19.4 Å². The number of nitrogens with one attached hydrogen (secondary N) is 1. The summed E-state index contributed by atoms with van der Waals surface area (Å²) in [4.78, 5) is 0. The van der Waals surface area contributed by atoms with Crippen LogP contribution in [-0.4, -0.2) is 19.2 Å². The molecule has 0 aliphatic rings. The smallest absolute Gasteiger partial charge is 0.124 e.